The van der Waals surface area contributed by atoms with Crippen molar-refractivity contribution in [1.29, 1.82) is 0 Å². The first-order valence-corrected chi connectivity index (χ1v) is 8.19. The predicted octanol–water partition coefficient (Wildman–Crippen LogP) is -3.47. The van der Waals surface area contributed by atoms with Crippen LogP contribution in [0.2, 0.25) is 0 Å². The summed E-state index contributed by atoms with van der Waals surface area (Å²) in [5.74, 6) is -3.11. The fraction of sp³-hybridized carbons (Fsp3) is 0.833. The van der Waals surface area contributed by atoms with Crippen LogP contribution >= 0.6 is 0 Å². The summed E-state index contributed by atoms with van der Waals surface area (Å²) in [5, 5.41) is 8.17. The summed E-state index contributed by atoms with van der Waals surface area (Å²) in [6, 6.07) is 0. The van der Waals surface area contributed by atoms with Gasteiger partial charge in [-0.2, -0.15) is 8.42 Å². The van der Waals surface area contributed by atoms with E-state index in [1.807, 2.05) is 0 Å². The minimum atomic E-state index is -4.85. The van der Waals surface area contributed by atoms with Gasteiger partial charge in [0.1, 0.15) is 6.61 Å². The van der Waals surface area contributed by atoms with E-state index in [0.717, 1.165) is 25.7 Å². The molecule has 1 atom stereocenters. The van der Waals surface area contributed by atoms with Gasteiger partial charge >= 0.3 is 35.5 Å². The van der Waals surface area contributed by atoms with Crippen LogP contribution in [-0.2, 0) is 29.2 Å². The number of rotatable bonds is 12. The maximum Gasteiger partial charge on any atom is 1.00 e. The third kappa shape index (κ3) is 12.4. The molecule has 124 valence electrons. The molecule has 0 rings (SSSR count). The third-order valence-corrected chi connectivity index (χ3v) is 3.67. The Morgan fingerprint density at radius 1 is 1.14 bits per heavy atom. The van der Waals surface area contributed by atoms with Gasteiger partial charge in [0.15, 0.2) is 5.25 Å². The molecule has 22 heavy (non-hydrogen) atoms. The molecule has 0 aliphatic rings. The van der Waals surface area contributed by atoms with Crippen molar-refractivity contribution in [2.24, 2.45) is 0 Å². The Morgan fingerprint density at radius 2 is 1.77 bits per heavy atom. The van der Waals surface area contributed by atoms with Gasteiger partial charge in [-0.25, -0.2) is 0 Å². The van der Waals surface area contributed by atoms with Crippen LogP contribution in [0.1, 0.15) is 39.0 Å². The first-order chi connectivity index (χ1) is 9.79. The number of aliphatic carboxylic acids is 1. The second kappa shape index (κ2) is 13.3. The molecule has 0 aromatic rings. The molecule has 0 amide bonds. The smallest absolute Gasteiger partial charge is 0.550 e. The Labute approximate surface area is 152 Å². The molecule has 0 heterocycles. The van der Waals surface area contributed by atoms with Gasteiger partial charge in [-0.05, 0) is 6.42 Å². The molecule has 1 unspecified atom stereocenters. The van der Waals surface area contributed by atoms with E-state index in [2.05, 4.69) is 11.7 Å². The van der Waals surface area contributed by atoms with E-state index in [0.29, 0.717) is 6.61 Å². The van der Waals surface area contributed by atoms with Crippen LogP contribution in [0.3, 0.4) is 0 Å². The topological polar surface area (TPSA) is 130 Å². The molecule has 0 spiro atoms. The SMILES string of the molecule is CCCCCCOCCOC(=O)C(CC(=O)[O-])S(=O)(=O)O.[Na+]. The molecular formula is C12H21NaO8S. The van der Waals surface area contributed by atoms with Gasteiger partial charge in [-0.3, -0.25) is 9.35 Å². The van der Waals surface area contributed by atoms with Crippen LogP contribution in [0.15, 0.2) is 0 Å². The molecular weight excluding hydrogens is 327 g/mol. The van der Waals surface area contributed by atoms with Crippen molar-refractivity contribution in [3.05, 3.63) is 0 Å². The van der Waals surface area contributed by atoms with Crippen LogP contribution in [0.5, 0.6) is 0 Å². The first kappa shape index (κ1) is 24.1. The molecule has 0 aliphatic heterocycles. The zero-order chi connectivity index (χ0) is 16.3. The van der Waals surface area contributed by atoms with E-state index in [9.17, 15) is 23.1 Å². The Hall–Kier alpha value is -0.190. The molecule has 0 saturated carbocycles. The average molecular weight is 348 g/mol. The number of carboxylic acid groups (broad SMARTS) is 1. The number of carbonyl (C=O) groups excluding carboxylic acids is 2. The quantitative estimate of drug-likeness (QED) is 0.167. The predicted molar refractivity (Wildman–Crippen MR) is 70.9 cm³/mol. The number of carboxylic acids is 1. The second-order valence-electron chi connectivity index (χ2n) is 4.42. The van der Waals surface area contributed by atoms with Crippen LogP contribution in [0, 0.1) is 0 Å². The van der Waals surface area contributed by atoms with Gasteiger partial charge in [0.05, 0.1) is 6.61 Å². The van der Waals surface area contributed by atoms with Gasteiger partial charge in [0, 0.05) is 19.0 Å². The minimum absolute atomic E-state index is 0. The Bertz CT molecular complexity index is 423. The monoisotopic (exact) mass is 348 g/mol. The van der Waals surface area contributed by atoms with E-state index in [1.54, 1.807) is 0 Å². The van der Waals surface area contributed by atoms with Crippen LogP contribution in [0.4, 0.5) is 0 Å². The molecule has 0 aromatic heterocycles. The molecule has 0 aromatic carbocycles. The van der Waals surface area contributed by atoms with Crippen molar-refractivity contribution in [3.8, 4) is 0 Å². The van der Waals surface area contributed by atoms with Crippen LogP contribution < -0.4 is 34.7 Å². The molecule has 0 fully saturated rings. The summed E-state index contributed by atoms with van der Waals surface area (Å²) < 4.78 is 40.2. The molecule has 0 aliphatic carbocycles. The third-order valence-electron chi connectivity index (χ3n) is 2.59. The second-order valence-corrected chi connectivity index (χ2v) is 6.02. The van der Waals surface area contributed by atoms with Crippen LogP contribution in [0.25, 0.3) is 0 Å². The molecule has 1 N–H and O–H groups in total. The maximum absolute atomic E-state index is 11.4. The first-order valence-electron chi connectivity index (χ1n) is 6.69. The summed E-state index contributed by atoms with van der Waals surface area (Å²) in [6.45, 7) is 2.43. The van der Waals surface area contributed by atoms with E-state index in [-0.39, 0.29) is 42.8 Å². The fourth-order valence-corrected chi connectivity index (χ4v) is 2.15. The standard InChI is InChI=1S/C12H22O8S.Na/c1-2-3-4-5-6-19-7-8-20-12(15)10(9-11(13)14)21(16,17)18;/h10H,2-9H2,1H3,(H,13,14)(H,16,17,18);/q;+1/p-1. The number of hydrogen-bond donors (Lipinski definition) is 1. The number of esters is 1. The summed E-state index contributed by atoms with van der Waals surface area (Å²) >= 11 is 0. The fourth-order valence-electron chi connectivity index (χ4n) is 1.49. The van der Waals surface area contributed by atoms with Crippen molar-refractivity contribution in [1.82, 2.24) is 0 Å². The minimum Gasteiger partial charge on any atom is -0.550 e. The number of ether oxygens (including phenoxy) is 2. The van der Waals surface area contributed by atoms with Crippen molar-refractivity contribution in [2.75, 3.05) is 19.8 Å². The van der Waals surface area contributed by atoms with Gasteiger partial charge in [-0.15, -0.1) is 0 Å². The average Bonchev–Trinajstić information content (AvgIpc) is 2.37. The molecule has 0 radical (unpaired) electrons. The van der Waals surface area contributed by atoms with E-state index in [4.69, 9.17) is 9.29 Å². The number of hydrogen-bond acceptors (Lipinski definition) is 7. The molecule has 8 nitrogen and oxygen atoms in total. The molecule has 10 heteroatoms. The largest absolute Gasteiger partial charge is 1.00 e. The molecule has 0 saturated heterocycles. The van der Waals surface area contributed by atoms with E-state index < -0.39 is 33.7 Å². The normalized spacial score (nSPS) is 12.3. The zero-order valence-electron chi connectivity index (χ0n) is 12.9. The van der Waals surface area contributed by atoms with E-state index in [1.165, 1.54) is 0 Å². The zero-order valence-corrected chi connectivity index (χ0v) is 15.8. The number of unbranched alkanes of at least 4 members (excludes halogenated alkanes) is 3. The Morgan fingerprint density at radius 3 is 2.27 bits per heavy atom. The van der Waals surface area contributed by atoms with Gasteiger partial charge in [-0.1, -0.05) is 26.2 Å². The summed E-state index contributed by atoms with van der Waals surface area (Å²) in [7, 11) is -4.85. The van der Waals surface area contributed by atoms with Crippen LogP contribution in [-0.4, -0.2) is 50.0 Å². The van der Waals surface area contributed by atoms with Crippen molar-refractivity contribution < 1.29 is 66.7 Å². The summed E-state index contributed by atoms with van der Waals surface area (Å²) in [4.78, 5) is 21.7. The van der Waals surface area contributed by atoms with E-state index >= 15 is 0 Å². The number of carbonyl (C=O) groups is 2. The van der Waals surface area contributed by atoms with Gasteiger partial charge in [0.25, 0.3) is 10.1 Å². The molecule has 0 bridgehead atoms. The van der Waals surface area contributed by atoms with Gasteiger partial charge in [0.2, 0.25) is 0 Å². The van der Waals surface area contributed by atoms with Crippen molar-refractivity contribution in [3.63, 3.8) is 0 Å². The van der Waals surface area contributed by atoms with Crippen molar-refractivity contribution >= 4 is 22.1 Å². The Kier molecular flexibility index (Phi) is 14.5. The maximum atomic E-state index is 11.4. The summed E-state index contributed by atoms with van der Waals surface area (Å²) in [6.07, 6.45) is 2.97. The summed E-state index contributed by atoms with van der Waals surface area (Å²) in [5.41, 5.74) is 0. The van der Waals surface area contributed by atoms with Crippen molar-refractivity contribution in [2.45, 2.75) is 44.3 Å². The Balaban J connectivity index is 0. The van der Waals surface area contributed by atoms with Gasteiger partial charge < -0.3 is 19.4 Å².